The molecule has 0 aromatic heterocycles. The zero-order valence-corrected chi connectivity index (χ0v) is 12.1. The van der Waals surface area contributed by atoms with E-state index in [-0.39, 0.29) is 11.8 Å². The first kappa shape index (κ1) is 15.3. The van der Waals surface area contributed by atoms with E-state index in [1.54, 1.807) is 0 Å². The molecule has 19 heavy (non-hydrogen) atoms. The molecule has 2 N–H and O–H groups in total. The normalized spacial score (nSPS) is 11.2. The van der Waals surface area contributed by atoms with Crippen molar-refractivity contribution in [3.63, 3.8) is 0 Å². The van der Waals surface area contributed by atoms with E-state index in [4.69, 9.17) is 9.84 Å². The molecule has 0 aliphatic heterocycles. The van der Waals surface area contributed by atoms with Gasteiger partial charge in [-0.1, -0.05) is 13.8 Å². The fourth-order valence-corrected chi connectivity index (χ4v) is 1.89. The number of rotatable bonds is 7. The van der Waals surface area contributed by atoms with Crippen molar-refractivity contribution in [2.75, 3.05) is 18.5 Å². The zero-order valence-electron chi connectivity index (χ0n) is 12.1. The number of hydrogen-bond donors (Lipinski definition) is 2. The first-order valence-electron chi connectivity index (χ1n) is 6.53. The van der Waals surface area contributed by atoms with Crippen LogP contribution in [0.2, 0.25) is 0 Å². The highest BCUT2D eigenvalue weighted by atomic mass is 16.5. The largest absolute Gasteiger partial charge is 0.494 e. The van der Waals surface area contributed by atoms with Gasteiger partial charge < -0.3 is 15.2 Å². The summed E-state index contributed by atoms with van der Waals surface area (Å²) in [6.45, 7) is 9.11. The van der Waals surface area contributed by atoms with E-state index >= 15 is 0 Å². The van der Waals surface area contributed by atoms with Crippen LogP contribution in [0, 0.1) is 12.3 Å². The first-order chi connectivity index (χ1) is 8.84. The van der Waals surface area contributed by atoms with Crippen LogP contribution in [0.5, 0.6) is 5.75 Å². The van der Waals surface area contributed by atoms with Gasteiger partial charge in [-0.3, -0.25) is 4.79 Å². The van der Waals surface area contributed by atoms with E-state index in [9.17, 15) is 4.79 Å². The van der Waals surface area contributed by atoms with Gasteiger partial charge in [-0.2, -0.15) is 0 Å². The molecule has 1 aromatic carbocycles. The molecule has 0 aliphatic carbocycles. The number of aryl methyl sites for hydroxylation is 1. The topological polar surface area (TPSA) is 58.6 Å². The van der Waals surface area contributed by atoms with E-state index in [1.165, 1.54) is 0 Å². The van der Waals surface area contributed by atoms with Crippen molar-refractivity contribution in [2.45, 2.75) is 34.1 Å². The summed E-state index contributed by atoms with van der Waals surface area (Å²) in [5.41, 5.74) is 1.78. The van der Waals surface area contributed by atoms with Crippen molar-refractivity contribution < 1.29 is 14.6 Å². The molecule has 1 rings (SSSR count). The molecule has 106 valence electrons. The van der Waals surface area contributed by atoms with Gasteiger partial charge in [0, 0.05) is 12.2 Å². The molecular formula is C15H23NO3. The van der Waals surface area contributed by atoms with E-state index in [0.29, 0.717) is 13.2 Å². The van der Waals surface area contributed by atoms with Crippen LogP contribution < -0.4 is 10.1 Å². The van der Waals surface area contributed by atoms with Crippen LogP contribution in [0.4, 0.5) is 5.69 Å². The molecule has 0 fully saturated rings. The van der Waals surface area contributed by atoms with Gasteiger partial charge in [0.1, 0.15) is 5.75 Å². The molecule has 0 atom stereocenters. The highest BCUT2D eigenvalue weighted by Crippen LogP contribution is 2.25. The van der Waals surface area contributed by atoms with Crippen molar-refractivity contribution in [3.8, 4) is 5.75 Å². The number of anilines is 1. The second kappa shape index (κ2) is 6.45. The Morgan fingerprint density at radius 2 is 2.11 bits per heavy atom. The van der Waals surface area contributed by atoms with Crippen LogP contribution in [0.15, 0.2) is 18.2 Å². The number of benzene rings is 1. The lowest BCUT2D eigenvalue weighted by Gasteiger charge is -2.23. The molecule has 0 saturated heterocycles. The maximum Gasteiger partial charge on any atom is 0.303 e. The van der Waals surface area contributed by atoms with Crippen molar-refractivity contribution in [1.82, 2.24) is 0 Å². The number of hydrogen-bond acceptors (Lipinski definition) is 3. The van der Waals surface area contributed by atoms with Crippen LogP contribution in [-0.2, 0) is 4.79 Å². The summed E-state index contributed by atoms with van der Waals surface area (Å²) in [5, 5.41) is 12.1. The molecule has 0 radical (unpaired) electrons. The highest BCUT2D eigenvalue weighted by molar-refractivity contribution is 5.67. The molecule has 4 nitrogen and oxygen atoms in total. The highest BCUT2D eigenvalue weighted by Gasteiger charge is 2.21. The standard InChI is InChI=1S/C15H23NO3/c1-5-19-13-7-6-12(8-11(13)2)16-10-15(3,4)9-14(17)18/h6-8,16H,5,9-10H2,1-4H3,(H,17,18). The van der Waals surface area contributed by atoms with Gasteiger partial charge in [0.05, 0.1) is 13.0 Å². The average molecular weight is 265 g/mol. The Bertz CT molecular complexity index is 441. The molecule has 0 bridgehead atoms. The number of carboxylic acid groups (broad SMARTS) is 1. The Hall–Kier alpha value is -1.71. The van der Waals surface area contributed by atoms with Gasteiger partial charge in [0.25, 0.3) is 0 Å². The molecule has 0 heterocycles. The van der Waals surface area contributed by atoms with Crippen LogP contribution >= 0.6 is 0 Å². The smallest absolute Gasteiger partial charge is 0.303 e. The van der Waals surface area contributed by atoms with E-state index in [0.717, 1.165) is 17.0 Å². The predicted molar refractivity (Wildman–Crippen MR) is 76.9 cm³/mol. The minimum Gasteiger partial charge on any atom is -0.494 e. The third kappa shape index (κ3) is 5.20. The van der Waals surface area contributed by atoms with Gasteiger partial charge in [-0.05, 0) is 43.0 Å². The zero-order chi connectivity index (χ0) is 14.5. The summed E-state index contributed by atoms with van der Waals surface area (Å²) in [6, 6.07) is 5.90. The summed E-state index contributed by atoms with van der Waals surface area (Å²) in [4.78, 5) is 10.8. The lowest BCUT2D eigenvalue weighted by Crippen LogP contribution is -2.26. The Morgan fingerprint density at radius 3 is 2.63 bits per heavy atom. The van der Waals surface area contributed by atoms with E-state index < -0.39 is 5.97 Å². The number of nitrogens with one attached hydrogen (secondary N) is 1. The molecule has 0 aliphatic rings. The number of carbonyl (C=O) groups is 1. The molecule has 0 unspecified atom stereocenters. The van der Waals surface area contributed by atoms with Gasteiger partial charge in [0.15, 0.2) is 0 Å². The first-order valence-corrected chi connectivity index (χ1v) is 6.53. The Balaban J connectivity index is 2.63. The second-order valence-electron chi connectivity index (χ2n) is 5.50. The quantitative estimate of drug-likeness (QED) is 0.794. The summed E-state index contributed by atoms with van der Waals surface area (Å²) < 4.78 is 5.48. The fraction of sp³-hybridized carbons (Fsp3) is 0.533. The molecule has 4 heteroatoms. The van der Waals surface area contributed by atoms with E-state index in [1.807, 2.05) is 45.9 Å². The lowest BCUT2D eigenvalue weighted by molar-refractivity contribution is -0.139. The Kier molecular flexibility index (Phi) is 5.21. The SMILES string of the molecule is CCOc1ccc(NCC(C)(C)CC(=O)O)cc1C. The fourth-order valence-electron chi connectivity index (χ4n) is 1.89. The van der Waals surface area contributed by atoms with Crippen LogP contribution in [-0.4, -0.2) is 24.2 Å². The molecular weight excluding hydrogens is 242 g/mol. The number of aliphatic carboxylic acids is 1. The maximum atomic E-state index is 10.8. The summed E-state index contributed by atoms with van der Waals surface area (Å²) in [7, 11) is 0. The minimum absolute atomic E-state index is 0.149. The molecule has 0 spiro atoms. The van der Waals surface area contributed by atoms with E-state index in [2.05, 4.69) is 5.32 Å². The molecule has 0 saturated carbocycles. The lowest BCUT2D eigenvalue weighted by atomic mass is 9.89. The second-order valence-corrected chi connectivity index (χ2v) is 5.50. The van der Waals surface area contributed by atoms with Gasteiger partial charge in [-0.25, -0.2) is 0 Å². The van der Waals surface area contributed by atoms with Gasteiger partial charge >= 0.3 is 5.97 Å². The van der Waals surface area contributed by atoms with Crippen LogP contribution in [0.1, 0.15) is 32.8 Å². The Labute approximate surface area is 114 Å². The van der Waals surface area contributed by atoms with Crippen molar-refractivity contribution in [2.24, 2.45) is 5.41 Å². The van der Waals surface area contributed by atoms with Gasteiger partial charge in [0.2, 0.25) is 0 Å². The number of ether oxygens (including phenoxy) is 1. The molecule has 1 aromatic rings. The molecule has 0 amide bonds. The van der Waals surface area contributed by atoms with Crippen LogP contribution in [0.3, 0.4) is 0 Å². The summed E-state index contributed by atoms with van der Waals surface area (Å²) >= 11 is 0. The predicted octanol–water partition coefficient (Wildman–Crippen LogP) is 3.31. The average Bonchev–Trinajstić information content (AvgIpc) is 2.28. The monoisotopic (exact) mass is 265 g/mol. The van der Waals surface area contributed by atoms with Crippen molar-refractivity contribution >= 4 is 11.7 Å². The maximum absolute atomic E-state index is 10.8. The number of carboxylic acids is 1. The minimum atomic E-state index is -0.769. The summed E-state index contributed by atoms with van der Waals surface area (Å²) in [5.74, 6) is 0.118. The summed E-state index contributed by atoms with van der Waals surface area (Å²) in [6.07, 6.45) is 0.149. The van der Waals surface area contributed by atoms with Crippen LogP contribution in [0.25, 0.3) is 0 Å². The Morgan fingerprint density at radius 1 is 1.42 bits per heavy atom. The van der Waals surface area contributed by atoms with Crippen molar-refractivity contribution in [1.29, 1.82) is 0 Å². The van der Waals surface area contributed by atoms with Gasteiger partial charge in [-0.15, -0.1) is 0 Å². The third-order valence-electron chi connectivity index (χ3n) is 2.88. The van der Waals surface area contributed by atoms with Crippen molar-refractivity contribution in [3.05, 3.63) is 23.8 Å². The third-order valence-corrected chi connectivity index (χ3v) is 2.88.